The van der Waals surface area contributed by atoms with Gasteiger partial charge >= 0.3 is 5.97 Å². The second-order valence-electron chi connectivity index (χ2n) is 4.47. The number of carboxylic acid groups (broad SMARTS) is 1. The molecule has 0 aliphatic heterocycles. The lowest BCUT2D eigenvalue weighted by atomic mass is 10.1. The Balaban J connectivity index is 2.07. The summed E-state index contributed by atoms with van der Waals surface area (Å²) in [7, 11) is 1.84. The molecule has 6 nitrogen and oxygen atoms in total. The molecule has 0 bridgehead atoms. The molecule has 0 aliphatic carbocycles. The van der Waals surface area contributed by atoms with Crippen LogP contribution in [0.2, 0.25) is 0 Å². The third-order valence-corrected chi connectivity index (χ3v) is 4.06. The molecule has 0 saturated carbocycles. The van der Waals surface area contributed by atoms with Crippen LogP contribution in [0.3, 0.4) is 0 Å². The van der Waals surface area contributed by atoms with Gasteiger partial charge in [-0.15, -0.1) is 11.3 Å². The Hall–Kier alpha value is -2.15. The van der Waals surface area contributed by atoms with Gasteiger partial charge in [-0.2, -0.15) is 5.10 Å². The molecule has 0 aromatic carbocycles. The van der Waals surface area contributed by atoms with Crippen molar-refractivity contribution in [2.24, 2.45) is 7.05 Å². The summed E-state index contributed by atoms with van der Waals surface area (Å²) in [5.74, 6) is -1.17. The SMILES string of the molecule is Cc1nn(C)c(C)c1CC(=O)Nc1ccc(C(=O)O)s1. The van der Waals surface area contributed by atoms with E-state index in [0.29, 0.717) is 5.00 Å². The van der Waals surface area contributed by atoms with E-state index < -0.39 is 5.97 Å². The second kappa shape index (κ2) is 5.46. The minimum Gasteiger partial charge on any atom is -0.477 e. The zero-order valence-electron chi connectivity index (χ0n) is 11.4. The average molecular weight is 293 g/mol. The molecule has 2 aromatic rings. The molecule has 0 atom stereocenters. The van der Waals surface area contributed by atoms with Crippen LogP contribution in [0.15, 0.2) is 12.1 Å². The Morgan fingerprint density at radius 2 is 2.10 bits per heavy atom. The Morgan fingerprint density at radius 3 is 2.60 bits per heavy atom. The maximum atomic E-state index is 12.0. The number of rotatable bonds is 4. The second-order valence-corrected chi connectivity index (χ2v) is 5.55. The van der Waals surface area contributed by atoms with Crippen molar-refractivity contribution < 1.29 is 14.7 Å². The number of nitrogens with zero attached hydrogens (tertiary/aromatic N) is 2. The van der Waals surface area contributed by atoms with Gasteiger partial charge in [0, 0.05) is 18.3 Å². The quantitative estimate of drug-likeness (QED) is 0.902. The summed E-state index contributed by atoms with van der Waals surface area (Å²) in [6.45, 7) is 3.78. The van der Waals surface area contributed by atoms with Gasteiger partial charge in [0.15, 0.2) is 0 Å². The molecule has 1 amide bonds. The van der Waals surface area contributed by atoms with E-state index in [-0.39, 0.29) is 17.2 Å². The van der Waals surface area contributed by atoms with Crippen LogP contribution in [-0.4, -0.2) is 26.8 Å². The summed E-state index contributed by atoms with van der Waals surface area (Å²) >= 11 is 1.04. The van der Waals surface area contributed by atoms with Crippen LogP contribution < -0.4 is 5.32 Å². The zero-order valence-corrected chi connectivity index (χ0v) is 12.2. The molecule has 0 radical (unpaired) electrons. The summed E-state index contributed by atoms with van der Waals surface area (Å²) in [6.07, 6.45) is 0.228. The summed E-state index contributed by atoms with van der Waals surface area (Å²) in [5.41, 5.74) is 2.69. The van der Waals surface area contributed by atoms with E-state index in [2.05, 4.69) is 10.4 Å². The molecule has 106 valence electrons. The average Bonchev–Trinajstić information content (AvgIpc) is 2.91. The maximum absolute atomic E-state index is 12.0. The Morgan fingerprint density at radius 1 is 1.40 bits per heavy atom. The fraction of sp³-hybridized carbons (Fsp3) is 0.308. The van der Waals surface area contributed by atoms with Gasteiger partial charge in [-0.05, 0) is 26.0 Å². The number of aryl methyl sites for hydroxylation is 2. The van der Waals surface area contributed by atoms with Crippen LogP contribution in [0.4, 0.5) is 5.00 Å². The van der Waals surface area contributed by atoms with Crippen LogP contribution in [0.1, 0.15) is 26.6 Å². The fourth-order valence-electron chi connectivity index (χ4n) is 1.94. The van der Waals surface area contributed by atoms with Gasteiger partial charge in [-0.3, -0.25) is 9.48 Å². The smallest absolute Gasteiger partial charge is 0.345 e. The van der Waals surface area contributed by atoms with Gasteiger partial charge < -0.3 is 10.4 Å². The lowest BCUT2D eigenvalue weighted by Crippen LogP contribution is -2.14. The third-order valence-electron chi connectivity index (χ3n) is 3.08. The number of carboxylic acids is 1. The third kappa shape index (κ3) is 2.88. The van der Waals surface area contributed by atoms with E-state index in [1.807, 2.05) is 20.9 Å². The van der Waals surface area contributed by atoms with Crippen molar-refractivity contribution in [2.45, 2.75) is 20.3 Å². The van der Waals surface area contributed by atoms with Crippen LogP contribution in [-0.2, 0) is 18.3 Å². The number of anilines is 1. The number of hydrogen-bond donors (Lipinski definition) is 2. The molecule has 2 heterocycles. The highest BCUT2D eigenvalue weighted by Crippen LogP contribution is 2.22. The molecule has 2 N–H and O–H groups in total. The molecule has 0 fully saturated rings. The largest absolute Gasteiger partial charge is 0.477 e. The highest BCUT2D eigenvalue weighted by Gasteiger charge is 2.15. The van der Waals surface area contributed by atoms with Gasteiger partial charge in [0.1, 0.15) is 4.88 Å². The lowest BCUT2D eigenvalue weighted by Gasteiger charge is -2.03. The van der Waals surface area contributed by atoms with Crippen molar-refractivity contribution in [1.29, 1.82) is 0 Å². The summed E-state index contributed by atoms with van der Waals surface area (Å²) < 4.78 is 1.74. The van der Waals surface area contributed by atoms with Crippen molar-refractivity contribution in [2.75, 3.05) is 5.32 Å². The fourth-order valence-corrected chi connectivity index (χ4v) is 2.70. The predicted molar refractivity (Wildman–Crippen MR) is 76.3 cm³/mol. The lowest BCUT2D eigenvalue weighted by molar-refractivity contribution is -0.115. The number of carbonyl (C=O) groups excluding carboxylic acids is 1. The van der Waals surface area contributed by atoms with Gasteiger partial charge in [-0.25, -0.2) is 4.79 Å². The number of nitrogens with one attached hydrogen (secondary N) is 1. The molecule has 7 heteroatoms. The number of aromatic nitrogens is 2. The van der Waals surface area contributed by atoms with Crippen LogP contribution in [0, 0.1) is 13.8 Å². The molecule has 2 rings (SSSR count). The minimum atomic E-state index is -0.991. The van der Waals surface area contributed by atoms with E-state index in [0.717, 1.165) is 28.3 Å². The molecule has 0 saturated heterocycles. The monoisotopic (exact) mass is 293 g/mol. The summed E-state index contributed by atoms with van der Waals surface area (Å²) in [6, 6.07) is 3.07. The van der Waals surface area contributed by atoms with Gasteiger partial charge in [0.05, 0.1) is 17.1 Å². The summed E-state index contributed by atoms with van der Waals surface area (Å²) in [4.78, 5) is 23.0. The Labute approximate surface area is 120 Å². The molecule has 0 unspecified atom stereocenters. The molecule has 0 spiro atoms. The number of thiophene rings is 1. The minimum absolute atomic E-state index is 0.178. The van der Waals surface area contributed by atoms with Crippen molar-refractivity contribution in [3.8, 4) is 0 Å². The first-order valence-corrected chi connectivity index (χ1v) is 6.82. The van der Waals surface area contributed by atoms with Crippen molar-refractivity contribution in [3.05, 3.63) is 34.0 Å². The topological polar surface area (TPSA) is 84.2 Å². The molecule has 0 aliphatic rings. The van der Waals surface area contributed by atoms with E-state index >= 15 is 0 Å². The van der Waals surface area contributed by atoms with Gasteiger partial charge in [0.25, 0.3) is 0 Å². The number of amides is 1. The number of hydrogen-bond acceptors (Lipinski definition) is 4. The molecular formula is C13H15N3O3S. The van der Waals surface area contributed by atoms with Crippen LogP contribution >= 0.6 is 11.3 Å². The highest BCUT2D eigenvalue weighted by atomic mass is 32.1. The normalized spacial score (nSPS) is 10.6. The number of carbonyl (C=O) groups is 2. The Kier molecular flexibility index (Phi) is 3.89. The van der Waals surface area contributed by atoms with Gasteiger partial charge in [0.2, 0.25) is 5.91 Å². The van der Waals surface area contributed by atoms with E-state index in [1.54, 1.807) is 10.7 Å². The zero-order chi connectivity index (χ0) is 14.9. The maximum Gasteiger partial charge on any atom is 0.345 e. The highest BCUT2D eigenvalue weighted by molar-refractivity contribution is 7.18. The van der Waals surface area contributed by atoms with Crippen LogP contribution in [0.25, 0.3) is 0 Å². The standard InChI is InChI=1S/C13H15N3O3S/c1-7-9(8(2)16(3)15-7)6-11(17)14-12-5-4-10(20-12)13(18)19/h4-5H,6H2,1-3H3,(H,14,17)(H,18,19). The van der Waals surface area contributed by atoms with Crippen molar-refractivity contribution in [1.82, 2.24) is 9.78 Å². The predicted octanol–water partition coefficient (Wildman–Crippen LogP) is 1.98. The first-order chi connectivity index (χ1) is 9.38. The molecule has 2 aromatic heterocycles. The van der Waals surface area contributed by atoms with E-state index in [1.165, 1.54) is 6.07 Å². The first kappa shape index (κ1) is 14.3. The van der Waals surface area contributed by atoms with Crippen molar-refractivity contribution >= 4 is 28.2 Å². The molecule has 20 heavy (non-hydrogen) atoms. The van der Waals surface area contributed by atoms with E-state index in [4.69, 9.17) is 5.11 Å². The van der Waals surface area contributed by atoms with Gasteiger partial charge in [-0.1, -0.05) is 0 Å². The van der Waals surface area contributed by atoms with Crippen molar-refractivity contribution in [3.63, 3.8) is 0 Å². The number of aromatic carboxylic acids is 1. The molecular weight excluding hydrogens is 278 g/mol. The van der Waals surface area contributed by atoms with E-state index in [9.17, 15) is 9.59 Å². The summed E-state index contributed by atoms with van der Waals surface area (Å²) in [5, 5.41) is 16.3. The first-order valence-electron chi connectivity index (χ1n) is 6.00. The van der Waals surface area contributed by atoms with Crippen LogP contribution in [0.5, 0.6) is 0 Å². The Bertz CT molecular complexity index is 672.